The molecule has 2 aromatic heterocycles. The lowest BCUT2D eigenvalue weighted by Crippen LogP contribution is -2.12. The molecule has 17 heavy (non-hydrogen) atoms. The highest BCUT2D eigenvalue weighted by atomic mass is 32.1. The summed E-state index contributed by atoms with van der Waals surface area (Å²) in [6, 6.07) is 3.33. The van der Waals surface area contributed by atoms with Gasteiger partial charge in [-0.15, -0.1) is 11.3 Å². The van der Waals surface area contributed by atoms with Gasteiger partial charge in [-0.1, -0.05) is 0 Å². The molecular formula is C11H11N3O2S. The molecule has 2 heterocycles. The normalized spacial score (nSPS) is 10.2. The Morgan fingerprint density at radius 1 is 1.29 bits per heavy atom. The quantitative estimate of drug-likeness (QED) is 0.900. The maximum absolute atomic E-state index is 10.8. The van der Waals surface area contributed by atoms with Gasteiger partial charge in [0.1, 0.15) is 10.6 Å². The lowest BCUT2D eigenvalue weighted by atomic mass is 10.3. The van der Waals surface area contributed by atoms with Crippen molar-refractivity contribution in [2.45, 2.75) is 0 Å². The Kier molecular flexibility index (Phi) is 3.06. The third-order valence-electron chi connectivity index (χ3n) is 2.15. The number of hydrogen-bond acceptors (Lipinski definition) is 5. The Hall–Kier alpha value is -1.95. The third kappa shape index (κ3) is 2.26. The molecule has 0 bridgehead atoms. The summed E-state index contributed by atoms with van der Waals surface area (Å²) in [6.45, 7) is 0. The molecule has 0 aliphatic carbocycles. The molecule has 0 radical (unpaired) electrons. The number of carboxylic acids is 1. The fourth-order valence-corrected chi connectivity index (χ4v) is 2.25. The van der Waals surface area contributed by atoms with E-state index in [1.54, 1.807) is 24.5 Å². The number of anilines is 1. The van der Waals surface area contributed by atoms with Gasteiger partial charge in [0.15, 0.2) is 5.82 Å². The van der Waals surface area contributed by atoms with Gasteiger partial charge in [0.05, 0.1) is 4.88 Å². The third-order valence-corrected chi connectivity index (χ3v) is 3.23. The van der Waals surface area contributed by atoms with Crippen LogP contribution in [0.1, 0.15) is 9.67 Å². The van der Waals surface area contributed by atoms with Crippen molar-refractivity contribution < 1.29 is 9.90 Å². The largest absolute Gasteiger partial charge is 0.477 e. The minimum atomic E-state index is -0.920. The van der Waals surface area contributed by atoms with Crippen LogP contribution in [0.15, 0.2) is 24.5 Å². The van der Waals surface area contributed by atoms with Gasteiger partial charge in [-0.25, -0.2) is 14.8 Å². The minimum Gasteiger partial charge on any atom is -0.477 e. The summed E-state index contributed by atoms with van der Waals surface area (Å²) in [4.78, 5) is 22.3. The fraction of sp³-hybridized carbons (Fsp3) is 0.182. The van der Waals surface area contributed by atoms with E-state index in [4.69, 9.17) is 5.11 Å². The molecule has 0 atom stereocenters. The Balaban J connectivity index is 2.48. The molecule has 0 unspecified atom stereocenters. The number of aromatic nitrogens is 2. The molecule has 0 saturated heterocycles. The average molecular weight is 249 g/mol. The van der Waals surface area contributed by atoms with Crippen molar-refractivity contribution in [2.24, 2.45) is 0 Å². The van der Waals surface area contributed by atoms with Gasteiger partial charge >= 0.3 is 5.97 Å². The molecule has 0 aliphatic heterocycles. The topological polar surface area (TPSA) is 66.3 Å². The van der Waals surface area contributed by atoms with Crippen LogP contribution in [0.2, 0.25) is 0 Å². The summed E-state index contributed by atoms with van der Waals surface area (Å²) in [5.41, 5.74) is 0.704. The second kappa shape index (κ2) is 4.50. The lowest BCUT2D eigenvalue weighted by Gasteiger charge is -2.13. The molecule has 0 aliphatic rings. The Morgan fingerprint density at radius 2 is 2.00 bits per heavy atom. The van der Waals surface area contributed by atoms with Crippen LogP contribution in [0.25, 0.3) is 10.6 Å². The number of hydrogen-bond donors (Lipinski definition) is 1. The first-order chi connectivity index (χ1) is 8.09. The molecule has 0 fully saturated rings. The Bertz CT molecular complexity index is 551. The summed E-state index contributed by atoms with van der Waals surface area (Å²) in [7, 11) is 3.75. The number of nitrogens with zero attached hydrogens (tertiary/aromatic N) is 3. The molecule has 1 N–H and O–H groups in total. The van der Waals surface area contributed by atoms with Crippen LogP contribution in [-0.2, 0) is 0 Å². The van der Waals surface area contributed by atoms with Gasteiger partial charge in [-0.05, 0) is 12.1 Å². The summed E-state index contributed by atoms with van der Waals surface area (Å²) in [5, 5.41) is 8.89. The first-order valence-corrected chi connectivity index (χ1v) is 5.73. The first-order valence-electron chi connectivity index (χ1n) is 4.91. The van der Waals surface area contributed by atoms with Gasteiger partial charge in [0.2, 0.25) is 0 Å². The summed E-state index contributed by atoms with van der Waals surface area (Å²) in [6.07, 6.45) is 3.22. The van der Waals surface area contributed by atoms with E-state index >= 15 is 0 Å². The van der Waals surface area contributed by atoms with Crippen molar-refractivity contribution in [3.8, 4) is 10.6 Å². The zero-order valence-corrected chi connectivity index (χ0v) is 10.2. The smallest absolute Gasteiger partial charge is 0.345 e. The number of aromatic carboxylic acids is 1. The van der Waals surface area contributed by atoms with E-state index in [0.717, 1.165) is 10.7 Å². The van der Waals surface area contributed by atoms with E-state index in [1.165, 1.54) is 11.3 Å². The van der Waals surface area contributed by atoms with Gasteiger partial charge in [0, 0.05) is 26.5 Å². The minimum absolute atomic E-state index is 0.301. The van der Waals surface area contributed by atoms with Crippen molar-refractivity contribution in [2.75, 3.05) is 19.0 Å². The van der Waals surface area contributed by atoms with Crippen LogP contribution < -0.4 is 4.90 Å². The van der Waals surface area contributed by atoms with Crippen LogP contribution in [-0.4, -0.2) is 35.1 Å². The van der Waals surface area contributed by atoms with Crippen LogP contribution in [0.5, 0.6) is 0 Å². The number of carbonyl (C=O) groups is 1. The van der Waals surface area contributed by atoms with E-state index < -0.39 is 5.97 Å². The highest BCUT2D eigenvalue weighted by Gasteiger charge is 2.14. The molecular weight excluding hydrogens is 238 g/mol. The van der Waals surface area contributed by atoms with E-state index in [9.17, 15) is 4.79 Å². The van der Waals surface area contributed by atoms with E-state index in [0.29, 0.717) is 10.6 Å². The molecule has 2 rings (SSSR count). The van der Waals surface area contributed by atoms with Gasteiger partial charge < -0.3 is 10.0 Å². The molecule has 2 aromatic rings. The molecule has 0 spiro atoms. The van der Waals surface area contributed by atoms with Crippen molar-refractivity contribution in [1.29, 1.82) is 0 Å². The summed E-state index contributed by atoms with van der Waals surface area (Å²) < 4.78 is 0. The monoisotopic (exact) mass is 249 g/mol. The number of carboxylic acid groups (broad SMARTS) is 1. The van der Waals surface area contributed by atoms with Gasteiger partial charge in [-0.2, -0.15) is 0 Å². The summed E-state index contributed by atoms with van der Waals surface area (Å²) in [5.74, 6) is -0.192. The second-order valence-corrected chi connectivity index (χ2v) is 4.68. The lowest BCUT2D eigenvalue weighted by molar-refractivity contribution is 0.0702. The van der Waals surface area contributed by atoms with Crippen LogP contribution in [0.3, 0.4) is 0 Å². The standard InChI is InChI=1S/C11H11N3O2S/c1-14(2)10-9(12-5-6-13-10)7-3-4-8(17-7)11(15)16/h3-6H,1-2H3,(H,15,16). The van der Waals surface area contributed by atoms with E-state index in [1.807, 2.05) is 19.0 Å². The van der Waals surface area contributed by atoms with Crippen molar-refractivity contribution >= 4 is 23.1 Å². The average Bonchev–Trinajstić information content (AvgIpc) is 2.78. The second-order valence-electron chi connectivity index (χ2n) is 3.59. The van der Waals surface area contributed by atoms with Crippen LogP contribution >= 0.6 is 11.3 Å². The zero-order valence-electron chi connectivity index (χ0n) is 9.41. The van der Waals surface area contributed by atoms with E-state index in [-0.39, 0.29) is 0 Å². The molecule has 0 saturated carbocycles. The predicted molar refractivity (Wildman–Crippen MR) is 66.6 cm³/mol. The molecule has 0 aromatic carbocycles. The Labute approximate surface area is 102 Å². The number of thiophene rings is 1. The molecule has 5 nitrogen and oxygen atoms in total. The van der Waals surface area contributed by atoms with Crippen molar-refractivity contribution in [1.82, 2.24) is 9.97 Å². The highest BCUT2D eigenvalue weighted by Crippen LogP contribution is 2.31. The van der Waals surface area contributed by atoms with Gasteiger partial charge in [0.25, 0.3) is 0 Å². The number of rotatable bonds is 3. The van der Waals surface area contributed by atoms with Crippen LogP contribution in [0, 0.1) is 0 Å². The van der Waals surface area contributed by atoms with Crippen molar-refractivity contribution in [3.05, 3.63) is 29.4 Å². The maximum atomic E-state index is 10.8. The molecule has 0 amide bonds. The predicted octanol–water partition coefficient (Wildman–Crippen LogP) is 1.97. The van der Waals surface area contributed by atoms with Crippen molar-refractivity contribution in [3.63, 3.8) is 0 Å². The first kappa shape index (κ1) is 11.5. The maximum Gasteiger partial charge on any atom is 0.345 e. The molecule has 6 heteroatoms. The SMILES string of the molecule is CN(C)c1nccnc1-c1ccc(C(=O)O)s1. The fourth-order valence-electron chi connectivity index (χ4n) is 1.41. The van der Waals surface area contributed by atoms with Gasteiger partial charge in [-0.3, -0.25) is 0 Å². The van der Waals surface area contributed by atoms with Crippen LogP contribution in [0.4, 0.5) is 5.82 Å². The van der Waals surface area contributed by atoms with E-state index in [2.05, 4.69) is 9.97 Å². The molecule has 88 valence electrons. The zero-order chi connectivity index (χ0) is 12.4. The Morgan fingerprint density at radius 3 is 2.59 bits per heavy atom. The summed E-state index contributed by atoms with van der Waals surface area (Å²) >= 11 is 1.20. The highest BCUT2D eigenvalue weighted by molar-refractivity contribution is 7.17.